The highest BCUT2D eigenvalue weighted by Crippen LogP contribution is 2.24. The van der Waals surface area contributed by atoms with Crippen LogP contribution < -0.4 is 0 Å². The molecule has 1 atom stereocenters. The smallest absolute Gasteiger partial charge is 0.321 e. The maximum absolute atomic E-state index is 13.1. The number of hydrogen-bond donors (Lipinski definition) is 0. The maximum Gasteiger partial charge on any atom is 0.321 e. The van der Waals surface area contributed by atoms with Gasteiger partial charge < -0.3 is 18.9 Å². The average Bonchev–Trinajstić information content (AvgIpc) is 2.88. The van der Waals surface area contributed by atoms with Crippen LogP contribution in [0.25, 0.3) is 0 Å². The molecule has 0 aliphatic carbocycles. The lowest BCUT2D eigenvalue weighted by atomic mass is 9.89. The first-order valence-corrected chi connectivity index (χ1v) is 10.9. The highest BCUT2D eigenvalue weighted by Gasteiger charge is 2.44. The SMILES string of the molecule is C=CCOC(=O)CC(C(=O)OCC=C)C(C(=O)OCc1ccccc1)C(=O)OCc1ccccc1. The molecule has 0 aliphatic heterocycles. The summed E-state index contributed by atoms with van der Waals surface area (Å²) in [5.41, 5.74) is 1.35. The molecule has 0 saturated heterocycles. The van der Waals surface area contributed by atoms with Crippen molar-refractivity contribution in [2.45, 2.75) is 19.6 Å². The molecule has 0 amide bonds. The minimum absolute atomic E-state index is 0.102. The fourth-order valence-electron chi connectivity index (χ4n) is 3.04. The molecule has 0 aliphatic rings. The molecule has 8 heteroatoms. The van der Waals surface area contributed by atoms with Crippen LogP contribution in [0.2, 0.25) is 0 Å². The van der Waals surface area contributed by atoms with Crippen LogP contribution in [-0.4, -0.2) is 37.1 Å². The van der Waals surface area contributed by atoms with Crippen molar-refractivity contribution in [2.75, 3.05) is 13.2 Å². The Bertz CT molecular complexity index is 945. The molecule has 2 rings (SSSR count). The highest BCUT2D eigenvalue weighted by atomic mass is 16.6. The molecule has 0 saturated carbocycles. The topological polar surface area (TPSA) is 105 Å². The molecule has 0 radical (unpaired) electrons. The molecular formula is C27H28O8. The van der Waals surface area contributed by atoms with Gasteiger partial charge in [0, 0.05) is 0 Å². The first-order chi connectivity index (χ1) is 17.0. The summed E-state index contributed by atoms with van der Waals surface area (Å²) in [6.45, 7) is 6.36. The van der Waals surface area contributed by atoms with Gasteiger partial charge >= 0.3 is 23.9 Å². The van der Waals surface area contributed by atoms with Crippen LogP contribution in [0.4, 0.5) is 0 Å². The molecular weight excluding hydrogens is 452 g/mol. The molecule has 2 aromatic carbocycles. The summed E-state index contributed by atoms with van der Waals surface area (Å²) in [7, 11) is 0. The van der Waals surface area contributed by atoms with Crippen molar-refractivity contribution < 1.29 is 38.1 Å². The number of esters is 4. The van der Waals surface area contributed by atoms with E-state index < -0.39 is 42.1 Å². The Labute approximate surface area is 204 Å². The molecule has 0 bridgehead atoms. The van der Waals surface area contributed by atoms with Gasteiger partial charge in [-0.3, -0.25) is 19.2 Å². The largest absolute Gasteiger partial charge is 0.461 e. The zero-order valence-electron chi connectivity index (χ0n) is 19.3. The number of benzene rings is 2. The maximum atomic E-state index is 13.1. The molecule has 1 unspecified atom stereocenters. The highest BCUT2D eigenvalue weighted by molar-refractivity contribution is 6.00. The van der Waals surface area contributed by atoms with Crippen molar-refractivity contribution in [1.29, 1.82) is 0 Å². The van der Waals surface area contributed by atoms with E-state index in [1.807, 2.05) is 0 Å². The van der Waals surface area contributed by atoms with Crippen LogP contribution in [0.15, 0.2) is 86.0 Å². The van der Waals surface area contributed by atoms with Crippen LogP contribution in [0, 0.1) is 11.8 Å². The number of carbonyl (C=O) groups is 4. The molecule has 0 heterocycles. The van der Waals surface area contributed by atoms with E-state index in [1.165, 1.54) is 12.2 Å². The molecule has 2 aromatic rings. The summed E-state index contributed by atoms with van der Waals surface area (Å²) in [6.07, 6.45) is 2.07. The van der Waals surface area contributed by atoms with Crippen LogP contribution in [0.3, 0.4) is 0 Å². The van der Waals surface area contributed by atoms with E-state index in [2.05, 4.69) is 13.2 Å². The minimum atomic E-state index is -1.75. The lowest BCUT2D eigenvalue weighted by Gasteiger charge is -2.22. The van der Waals surface area contributed by atoms with Gasteiger partial charge in [0.25, 0.3) is 0 Å². The lowest BCUT2D eigenvalue weighted by molar-refractivity contribution is -0.174. The van der Waals surface area contributed by atoms with Gasteiger partial charge in [0.15, 0.2) is 5.92 Å². The zero-order valence-corrected chi connectivity index (χ0v) is 19.3. The van der Waals surface area contributed by atoms with E-state index in [-0.39, 0.29) is 26.4 Å². The Morgan fingerprint density at radius 1 is 0.657 bits per heavy atom. The summed E-state index contributed by atoms with van der Waals surface area (Å²) < 4.78 is 20.7. The van der Waals surface area contributed by atoms with E-state index in [9.17, 15) is 19.2 Å². The van der Waals surface area contributed by atoms with Gasteiger partial charge in [-0.25, -0.2) is 0 Å². The van der Waals surface area contributed by atoms with Crippen molar-refractivity contribution in [3.05, 3.63) is 97.1 Å². The second-order valence-corrected chi connectivity index (χ2v) is 7.37. The van der Waals surface area contributed by atoms with E-state index >= 15 is 0 Å². The first kappa shape index (κ1) is 27.0. The minimum Gasteiger partial charge on any atom is -0.461 e. The summed E-state index contributed by atoms with van der Waals surface area (Å²) in [4.78, 5) is 51.2. The van der Waals surface area contributed by atoms with Gasteiger partial charge in [0.2, 0.25) is 0 Å². The molecule has 35 heavy (non-hydrogen) atoms. The van der Waals surface area contributed by atoms with Gasteiger partial charge in [-0.1, -0.05) is 86.0 Å². The van der Waals surface area contributed by atoms with Crippen molar-refractivity contribution in [1.82, 2.24) is 0 Å². The second-order valence-electron chi connectivity index (χ2n) is 7.37. The van der Waals surface area contributed by atoms with Crippen LogP contribution in [0.5, 0.6) is 0 Å². The van der Waals surface area contributed by atoms with E-state index in [0.29, 0.717) is 11.1 Å². The van der Waals surface area contributed by atoms with Crippen LogP contribution >= 0.6 is 0 Å². The van der Waals surface area contributed by atoms with E-state index in [0.717, 1.165) is 0 Å². The predicted octanol–water partition coefficient (Wildman–Crippen LogP) is 3.55. The Kier molecular flexibility index (Phi) is 11.5. The molecule has 0 N–H and O–H groups in total. The van der Waals surface area contributed by atoms with Crippen LogP contribution in [0.1, 0.15) is 17.5 Å². The number of hydrogen-bond acceptors (Lipinski definition) is 8. The van der Waals surface area contributed by atoms with Gasteiger partial charge in [0.1, 0.15) is 26.4 Å². The number of carbonyl (C=O) groups excluding carboxylic acids is 4. The summed E-state index contributed by atoms with van der Waals surface area (Å²) in [5, 5.41) is 0. The second kappa shape index (κ2) is 14.8. The van der Waals surface area contributed by atoms with E-state index in [1.54, 1.807) is 60.7 Å². The van der Waals surface area contributed by atoms with Crippen molar-refractivity contribution >= 4 is 23.9 Å². The van der Waals surface area contributed by atoms with Gasteiger partial charge in [-0.2, -0.15) is 0 Å². The van der Waals surface area contributed by atoms with Crippen LogP contribution in [-0.2, 0) is 51.3 Å². The summed E-state index contributed by atoms with van der Waals surface area (Å²) in [6, 6.07) is 17.6. The Morgan fingerprint density at radius 3 is 1.57 bits per heavy atom. The third-order valence-corrected chi connectivity index (χ3v) is 4.75. The Balaban J connectivity index is 2.28. The molecule has 0 fully saturated rings. The normalized spacial score (nSPS) is 11.1. The van der Waals surface area contributed by atoms with E-state index in [4.69, 9.17) is 18.9 Å². The first-order valence-electron chi connectivity index (χ1n) is 10.9. The Hall–Kier alpha value is -4.20. The molecule has 0 aromatic heterocycles. The predicted molar refractivity (Wildman–Crippen MR) is 126 cm³/mol. The van der Waals surface area contributed by atoms with Gasteiger partial charge in [-0.15, -0.1) is 0 Å². The van der Waals surface area contributed by atoms with Gasteiger partial charge in [-0.05, 0) is 11.1 Å². The molecule has 8 nitrogen and oxygen atoms in total. The fourth-order valence-corrected chi connectivity index (χ4v) is 3.04. The zero-order chi connectivity index (χ0) is 25.5. The van der Waals surface area contributed by atoms with Crippen molar-refractivity contribution in [3.63, 3.8) is 0 Å². The number of rotatable bonds is 14. The number of ether oxygens (including phenoxy) is 4. The summed E-state index contributed by atoms with van der Waals surface area (Å²) in [5.74, 6) is -7.11. The molecule has 184 valence electrons. The van der Waals surface area contributed by atoms with Crippen molar-refractivity contribution in [2.24, 2.45) is 11.8 Å². The average molecular weight is 481 g/mol. The van der Waals surface area contributed by atoms with Crippen molar-refractivity contribution in [3.8, 4) is 0 Å². The summed E-state index contributed by atoms with van der Waals surface area (Å²) >= 11 is 0. The standard InChI is InChI=1S/C27H28O8/c1-3-15-32-23(28)17-22(25(29)33-16-4-2)24(26(30)34-18-20-11-7-5-8-12-20)27(31)35-19-21-13-9-6-10-14-21/h3-14,22,24H,1-2,15-19H2. The monoisotopic (exact) mass is 480 g/mol. The molecule has 0 spiro atoms. The Morgan fingerprint density at radius 2 is 1.11 bits per heavy atom. The third kappa shape index (κ3) is 9.29. The fraction of sp³-hybridized carbons (Fsp3) is 0.259. The van der Waals surface area contributed by atoms with Gasteiger partial charge in [0.05, 0.1) is 12.3 Å². The quantitative estimate of drug-likeness (QED) is 0.175. The third-order valence-electron chi connectivity index (χ3n) is 4.75. The lowest BCUT2D eigenvalue weighted by Crippen LogP contribution is -2.40.